The predicted octanol–water partition coefficient (Wildman–Crippen LogP) is 3.07. The third-order valence-corrected chi connectivity index (χ3v) is 3.03. The van der Waals surface area contributed by atoms with Gasteiger partial charge in [-0.1, -0.05) is 0 Å². The lowest BCUT2D eigenvalue weighted by atomic mass is 10.2. The van der Waals surface area contributed by atoms with Crippen LogP contribution in [0.4, 0.5) is 14.5 Å². The molecule has 1 aliphatic rings. The number of nitriles is 1. The van der Waals surface area contributed by atoms with Crippen molar-refractivity contribution >= 4 is 5.69 Å². The zero-order valence-electron chi connectivity index (χ0n) is 10.6. The number of ether oxygens (including phenoxy) is 1. The van der Waals surface area contributed by atoms with Crippen LogP contribution >= 0.6 is 0 Å². The van der Waals surface area contributed by atoms with E-state index < -0.39 is 11.6 Å². The lowest BCUT2D eigenvalue weighted by molar-refractivity contribution is 0.124. The van der Waals surface area contributed by atoms with Crippen LogP contribution in [0.5, 0.6) is 0 Å². The molecule has 19 heavy (non-hydrogen) atoms. The van der Waals surface area contributed by atoms with Crippen LogP contribution in [-0.4, -0.2) is 19.8 Å². The van der Waals surface area contributed by atoms with E-state index >= 15 is 0 Å². The molecule has 2 rings (SSSR count). The molecular formula is C14H16F2N2O. The van der Waals surface area contributed by atoms with Gasteiger partial charge in [-0.2, -0.15) is 5.26 Å². The number of hydrogen-bond donors (Lipinski definition) is 1. The van der Waals surface area contributed by atoms with Crippen LogP contribution in [-0.2, 0) is 4.74 Å². The van der Waals surface area contributed by atoms with Crippen LogP contribution in [0, 0.1) is 28.9 Å². The van der Waals surface area contributed by atoms with Crippen molar-refractivity contribution in [2.45, 2.75) is 19.3 Å². The van der Waals surface area contributed by atoms with Gasteiger partial charge in [0.2, 0.25) is 0 Å². The number of rotatable bonds is 7. The van der Waals surface area contributed by atoms with Crippen LogP contribution in [0.25, 0.3) is 0 Å². The molecule has 1 aromatic rings. The minimum Gasteiger partial charge on any atom is -0.383 e. The summed E-state index contributed by atoms with van der Waals surface area (Å²) >= 11 is 0. The summed E-state index contributed by atoms with van der Waals surface area (Å²) in [5.74, 6) is -1.37. The van der Waals surface area contributed by atoms with Crippen molar-refractivity contribution in [3.8, 4) is 6.07 Å². The van der Waals surface area contributed by atoms with Gasteiger partial charge in [-0.3, -0.25) is 0 Å². The molecule has 0 saturated heterocycles. The van der Waals surface area contributed by atoms with E-state index in [0.29, 0.717) is 13.2 Å². The average Bonchev–Trinajstić information content (AvgIpc) is 3.22. The molecular weight excluding hydrogens is 250 g/mol. The molecule has 0 unspecified atom stereocenters. The van der Waals surface area contributed by atoms with E-state index in [1.807, 2.05) is 0 Å². The van der Waals surface area contributed by atoms with Crippen molar-refractivity contribution in [3.63, 3.8) is 0 Å². The van der Waals surface area contributed by atoms with Gasteiger partial charge in [0.15, 0.2) is 11.6 Å². The lowest BCUT2D eigenvalue weighted by Crippen LogP contribution is -2.09. The van der Waals surface area contributed by atoms with E-state index in [0.717, 1.165) is 18.9 Å². The number of halogens is 2. The second-order valence-corrected chi connectivity index (χ2v) is 4.70. The maximum atomic E-state index is 13.5. The number of hydrogen-bond acceptors (Lipinski definition) is 3. The minimum atomic E-state index is -1.10. The van der Waals surface area contributed by atoms with E-state index in [1.165, 1.54) is 25.0 Å². The highest BCUT2D eigenvalue weighted by molar-refractivity contribution is 5.49. The van der Waals surface area contributed by atoms with E-state index in [9.17, 15) is 8.78 Å². The van der Waals surface area contributed by atoms with Crippen LogP contribution in [0.3, 0.4) is 0 Å². The number of nitrogens with one attached hydrogen (secondary N) is 1. The summed E-state index contributed by atoms with van der Waals surface area (Å²) in [6.45, 7) is 1.93. The van der Waals surface area contributed by atoms with E-state index in [-0.39, 0.29) is 11.3 Å². The molecule has 0 bridgehead atoms. The molecule has 102 valence electrons. The van der Waals surface area contributed by atoms with Crippen molar-refractivity contribution in [1.82, 2.24) is 0 Å². The quantitative estimate of drug-likeness (QED) is 0.771. The first-order valence-corrected chi connectivity index (χ1v) is 6.42. The first-order chi connectivity index (χ1) is 9.22. The Morgan fingerprint density at radius 2 is 2.11 bits per heavy atom. The monoisotopic (exact) mass is 266 g/mol. The summed E-state index contributed by atoms with van der Waals surface area (Å²) in [5.41, 5.74) is -0.200. The lowest BCUT2D eigenvalue weighted by Gasteiger charge is -2.08. The fraction of sp³-hybridized carbons (Fsp3) is 0.500. The number of anilines is 1. The first kappa shape index (κ1) is 13.8. The van der Waals surface area contributed by atoms with Gasteiger partial charge in [0, 0.05) is 19.8 Å². The largest absolute Gasteiger partial charge is 0.383 e. The van der Waals surface area contributed by atoms with Crippen molar-refractivity contribution in [1.29, 1.82) is 5.26 Å². The Bertz CT molecular complexity index is 481. The van der Waals surface area contributed by atoms with Gasteiger partial charge < -0.3 is 10.1 Å². The summed E-state index contributed by atoms with van der Waals surface area (Å²) in [6, 6.07) is 4.25. The molecule has 0 amide bonds. The standard InChI is InChI=1S/C14H16F2N2O/c15-13-11(8-17)4-5-12(14(13)16)18-6-1-7-19-9-10-2-3-10/h4-5,10,18H,1-3,6-7,9H2. The molecule has 0 atom stereocenters. The zero-order valence-corrected chi connectivity index (χ0v) is 10.6. The molecule has 1 fully saturated rings. The molecule has 0 aliphatic heterocycles. The fourth-order valence-corrected chi connectivity index (χ4v) is 1.70. The topological polar surface area (TPSA) is 45.0 Å². The summed E-state index contributed by atoms with van der Waals surface area (Å²) in [7, 11) is 0. The molecule has 0 radical (unpaired) electrons. The highest BCUT2D eigenvalue weighted by Crippen LogP contribution is 2.28. The second-order valence-electron chi connectivity index (χ2n) is 4.70. The van der Waals surface area contributed by atoms with Gasteiger partial charge in [-0.25, -0.2) is 8.78 Å². The average molecular weight is 266 g/mol. The van der Waals surface area contributed by atoms with Gasteiger partial charge in [0.1, 0.15) is 6.07 Å². The van der Waals surface area contributed by atoms with E-state index in [1.54, 1.807) is 6.07 Å². The number of nitrogens with zero attached hydrogens (tertiary/aromatic N) is 1. The Labute approximate surface area is 111 Å². The second kappa shape index (κ2) is 6.48. The summed E-state index contributed by atoms with van der Waals surface area (Å²) in [5, 5.41) is 11.4. The maximum Gasteiger partial charge on any atom is 0.183 e. The Kier molecular flexibility index (Phi) is 4.69. The third-order valence-electron chi connectivity index (χ3n) is 3.03. The Morgan fingerprint density at radius 3 is 2.79 bits per heavy atom. The molecule has 0 spiro atoms. The molecule has 1 saturated carbocycles. The van der Waals surface area contributed by atoms with Crippen molar-refractivity contribution in [2.75, 3.05) is 25.1 Å². The smallest absolute Gasteiger partial charge is 0.183 e. The highest BCUT2D eigenvalue weighted by atomic mass is 19.2. The third kappa shape index (κ3) is 3.90. The van der Waals surface area contributed by atoms with Gasteiger partial charge in [-0.15, -0.1) is 0 Å². The van der Waals surface area contributed by atoms with Gasteiger partial charge in [0.25, 0.3) is 0 Å². The van der Waals surface area contributed by atoms with Crippen LogP contribution in [0.15, 0.2) is 12.1 Å². The van der Waals surface area contributed by atoms with Crippen LogP contribution in [0.1, 0.15) is 24.8 Å². The zero-order chi connectivity index (χ0) is 13.7. The molecule has 5 heteroatoms. The Hall–Kier alpha value is -1.67. The molecule has 1 aliphatic carbocycles. The maximum absolute atomic E-state index is 13.5. The van der Waals surface area contributed by atoms with Crippen molar-refractivity contribution < 1.29 is 13.5 Å². The summed E-state index contributed by atoms with van der Waals surface area (Å²) in [6.07, 6.45) is 3.25. The molecule has 1 aromatic carbocycles. The van der Waals surface area contributed by atoms with Crippen molar-refractivity contribution in [2.24, 2.45) is 5.92 Å². The first-order valence-electron chi connectivity index (χ1n) is 6.42. The molecule has 0 aromatic heterocycles. The Balaban J connectivity index is 1.73. The van der Waals surface area contributed by atoms with Crippen LogP contribution in [0.2, 0.25) is 0 Å². The summed E-state index contributed by atoms with van der Waals surface area (Å²) < 4.78 is 32.3. The fourth-order valence-electron chi connectivity index (χ4n) is 1.70. The van der Waals surface area contributed by atoms with Gasteiger partial charge in [0.05, 0.1) is 11.3 Å². The molecule has 1 N–H and O–H groups in total. The Morgan fingerprint density at radius 1 is 1.32 bits per heavy atom. The van der Waals surface area contributed by atoms with Gasteiger partial charge >= 0.3 is 0 Å². The molecule has 0 heterocycles. The van der Waals surface area contributed by atoms with E-state index in [4.69, 9.17) is 10.00 Å². The van der Waals surface area contributed by atoms with Crippen molar-refractivity contribution in [3.05, 3.63) is 29.3 Å². The SMILES string of the molecule is N#Cc1ccc(NCCCOCC2CC2)c(F)c1F. The number of benzene rings is 1. The predicted molar refractivity (Wildman–Crippen MR) is 67.7 cm³/mol. The normalized spacial score (nSPS) is 14.2. The van der Waals surface area contributed by atoms with Gasteiger partial charge in [-0.05, 0) is 37.3 Å². The minimum absolute atomic E-state index is 0.0821. The summed E-state index contributed by atoms with van der Waals surface area (Å²) in [4.78, 5) is 0. The van der Waals surface area contributed by atoms with E-state index in [2.05, 4.69) is 5.32 Å². The highest BCUT2D eigenvalue weighted by Gasteiger charge is 2.20. The molecule has 3 nitrogen and oxygen atoms in total. The van der Waals surface area contributed by atoms with Crippen LogP contribution < -0.4 is 5.32 Å².